The molecule has 0 spiro atoms. The molecule has 0 bridgehead atoms. The molecule has 0 saturated heterocycles. The second kappa shape index (κ2) is 6.59. The van der Waals surface area contributed by atoms with E-state index in [9.17, 15) is 0 Å². The highest BCUT2D eigenvalue weighted by Gasteiger charge is 2.16. The zero-order valence-electron chi connectivity index (χ0n) is 15.2. The van der Waals surface area contributed by atoms with Gasteiger partial charge in [-0.25, -0.2) is 14.6 Å². The molecule has 0 unspecified atom stereocenters. The molecule has 130 valence electrons. The van der Waals surface area contributed by atoms with Crippen LogP contribution in [0.5, 0.6) is 0 Å². The lowest BCUT2D eigenvalue weighted by Gasteiger charge is -2.22. The SMILES string of the molecule is CCN(c1cccc(C)c1)c1ncnc2c1cnn2-c1ccc(C)cc1. The van der Waals surface area contributed by atoms with E-state index in [0.717, 1.165) is 34.8 Å². The third kappa shape index (κ3) is 2.81. The summed E-state index contributed by atoms with van der Waals surface area (Å²) < 4.78 is 1.87. The Balaban J connectivity index is 1.85. The summed E-state index contributed by atoms with van der Waals surface area (Å²) in [6, 6.07) is 16.7. The van der Waals surface area contributed by atoms with Crippen LogP contribution in [0.4, 0.5) is 11.5 Å². The molecule has 0 saturated carbocycles. The molecular formula is C21H21N5. The van der Waals surface area contributed by atoms with Gasteiger partial charge in [-0.2, -0.15) is 5.10 Å². The van der Waals surface area contributed by atoms with Crippen LogP contribution in [0.2, 0.25) is 0 Å². The monoisotopic (exact) mass is 343 g/mol. The lowest BCUT2D eigenvalue weighted by Crippen LogP contribution is -2.18. The normalized spacial score (nSPS) is 11.0. The zero-order chi connectivity index (χ0) is 18.1. The molecule has 0 N–H and O–H groups in total. The van der Waals surface area contributed by atoms with E-state index in [4.69, 9.17) is 0 Å². The van der Waals surface area contributed by atoms with Crippen LogP contribution in [0.25, 0.3) is 16.7 Å². The second-order valence-electron chi connectivity index (χ2n) is 6.41. The van der Waals surface area contributed by atoms with E-state index < -0.39 is 0 Å². The fourth-order valence-corrected chi connectivity index (χ4v) is 3.17. The van der Waals surface area contributed by atoms with Gasteiger partial charge in [0.1, 0.15) is 12.1 Å². The van der Waals surface area contributed by atoms with Crippen LogP contribution in [0, 0.1) is 13.8 Å². The number of anilines is 2. The van der Waals surface area contributed by atoms with Crippen molar-refractivity contribution in [2.45, 2.75) is 20.8 Å². The van der Waals surface area contributed by atoms with Gasteiger partial charge in [-0.05, 0) is 50.6 Å². The number of hydrogen-bond acceptors (Lipinski definition) is 4. The van der Waals surface area contributed by atoms with Gasteiger partial charge in [0.25, 0.3) is 0 Å². The second-order valence-corrected chi connectivity index (χ2v) is 6.41. The molecule has 0 radical (unpaired) electrons. The van der Waals surface area contributed by atoms with Gasteiger partial charge in [-0.1, -0.05) is 29.8 Å². The largest absolute Gasteiger partial charge is 0.326 e. The van der Waals surface area contributed by atoms with Crippen LogP contribution in [-0.2, 0) is 0 Å². The molecule has 2 heterocycles. The summed E-state index contributed by atoms with van der Waals surface area (Å²) in [4.78, 5) is 11.3. The number of rotatable bonds is 4. The van der Waals surface area contributed by atoms with Gasteiger partial charge in [0.2, 0.25) is 0 Å². The van der Waals surface area contributed by atoms with Crippen LogP contribution >= 0.6 is 0 Å². The van der Waals surface area contributed by atoms with Crippen molar-refractivity contribution in [1.29, 1.82) is 0 Å². The van der Waals surface area contributed by atoms with Crippen molar-refractivity contribution in [3.63, 3.8) is 0 Å². The van der Waals surface area contributed by atoms with Gasteiger partial charge in [0, 0.05) is 12.2 Å². The van der Waals surface area contributed by atoms with E-state index in [-0.39, 0.29) is 0 Å². The fraction of sp³-hybridized carbons (Fsp3) is 0.190. The predicted molar refractivity (Wildman–Crippen MR) is 105 cm³/mol. The Morgan fingerprint density at radius 3 is 2.50 bits per heavy atom. The van der Waals surface area contributed by atoms with Crippen LogP contribution in [0.3, 0.4) is 0 Å². The van der Waals surface area contributed by atoms with E-state index in [1.54, 1.807) is 6.33 Å². The van der Waals surface area contributed by atoms with Crippen LogP contribution in [-0.4, -0.2) is 26.3 Å². The van der Waals surface area contributed by atoms with Gasteiger partial charge in [-0.3, -0.25) is 0 Å². The Hall–Kier alpha value is -3.21. The third-order valence-electron chi connectivity index (χ3n) is 4.51. The van der Waals surface area contributed by atoms with E-state index in [0.29, 0.717) is 0 Å². The first-order valence-corrected chi connectivity index (χ1v) is 8.77. The summed E-state index contributed by atoms with van der Waals surface area (Å²) in [5, 5.41) is 5.51. The van der Waals surface area contributed by atoms with Crippen molar-refractivity contribution in [3.8, 4) is 5.69 Å². The van der Waals surface area contributed by atoms with Crippen molar-refractivity contribution < 1.29 is 0 Å². The first-order valence-electron chi connectivity index (χ1n) is 8.77. The molecule has 0 aliphatic rings. The number of benzene rings is 2. The molecule has 4 aromatic rings. The van der Waals surface area contributed by atoms with Gasteiger partial charge in [-0.15, -0.1) is 0 Å². The lowest BCUT2D eigenvalue weighted by molar-refractivity contribution is 0.893. The highest BCUT2D eigenvalue weighted by molar-refractivity contribution is 5.90. The average molecular weight is 343 g/mol. The van der Waals surface area contributed by atoms with Crippen molar-refractivity contribution in [3.05, 3.63) is 72.2 Å². The number of hydrogen-bond donors (Lipinski definition) is 0. The molecule has 2 aromatic carbocycles. The molecule has 0 atom stereocenters. The maximum Gasteiger partial charge on any atom is 0.168 e. The van der Waals surface area contributed by atoms with Crippen molar-refractivity contribution in [2.75, 3.05) is 11.4 Å². The molecule has 26 heavy (non-hydrogen) atoms. The highest BCUT2D eigenvalue weighted by Crippen LogP contribution is 2.30. The molecule has 0 fully saturated rings. The van der Waals surface area contributed by atoms with Crippen molar-refractivity contribution in [2.24, 2.45) is 0 Å². The molecule has 0 amide bonds. The number of fused-ring (bicyclic) bond motifs is 1. The van der Waals surface area contributed by atoms with Gasteiger partial charge >= 0.3 is 0 Å². The van der Waals surface area contributed by atoms with E-state index in [1.165, 1.54) is 11.1 Å². The molecule has 4 rings (SSSR count). The summed E-state index contributed by atoms with van der Waals surface area (Å²) in [6.45, 7) is 7.11. The molecule has 0 aliphatic carbocycles. The molecular weight excluding hydrogens is 322 g/mol. The smallest absolute Gasteiger partial charge is 0.168 e. The first kappa shape index (κ1) is 16.3. The molecule has 2 aromatic heterocycles. The van der Waals surface area contributed by atoms with Crippen LogP contribution < -0.4 is 4.90 Å². The van der Waals surface area contributed by atoms with Crippen molar-refractivity contribution in [1.82, 2.24) is 19.7 Å². The van der Waals surface area contributed by atoms with E-state index >= 15 is 0 Å². The number of aryl methyl sites for hydroxylation is 2. The standard InChI is InChI=1S/C21H21N5/c1-4-25(18-7-5-6-16(3)12-18)20-19-13-24-26(21(19)23-14-22-20)17-10-8-15(2)9-11-17/h5-14H,4H2,1-3H3. The third-order valence-corrected chi connectivity index (χ3v) is 4.51. The lowest BCUT2D eigenvalue weighted by atomic mass is 10.2. The Labute approximate surface area is 152 Å². The van der Waals surface area contributed by atoms with Gasteiger partial charge in [0.05, 0.1) is 17.3 Å². The quantitative estimate of drug-likeness (QED) is 0.544. The molecule has 0 aliphatic heterocycles. The van der Waals surface area contributed by atoms with Crippen molar-refractivity contribution >= 4 is 22.5 Å². The number of aromatic nitrogens is 4. The summed E-state index contributed by atoms with van der Waals surface area (Å²) >= 11 is 0. The fourth-order valence-electron chi connectivity index (χ4n) is 3.17. The van der Waals surface area contributed by atoms with Gasteiger partial charge < -0.3 is 4.90 Å². The van der Waals surface area contributed by atoms with Gasteiger partial charge in [0.15, 0.2) is 5.65 Å². The maximum atomic E-state index is 4.57. The zero-order valence-corrected chi connectivity index (χ0v) is 15.2. The summed E-state index contributed by atoms with van der Waals surface area (Å²) in [5.74, 6) is 0.876. The Morgan fingerprint density at radius 2 is 1.77 bits per heavy atom. The Kier molecular flexibility index (Phi) is 4.13. The summed E-state index contributed by atoms with van der Waals surface area (Å²) in [7, 11) is 0. The minimum Gasteiger partial charge on any atom is -0.326 e. The molecule has 5 nitrogen and oxygen atoms in total. The number of nitrogens with zero attached hydrogens (tertiary/aromatic N) is 5. The highest BCUT2D eigenvalue weighted by atomic mass is 15.3. The van der Waals surface area contributed by atoms with E-state index in [1.807, 2.05) is 10.9 Å². The van der Waals surface area contributed by atoms with E-state index in [2.05, 4.69) is 89.3 Å². The Morgan fingerprint density at radius 1 is 0.962 bits per heavy atom. The average Bonchev–Trinajstić information content (AvgIpc) is 3.08. The predicted octanol–water partition coefficient (Wildman–Crippen LogP) is 4.59. The molecule has 5 heteroatoms. The van der Waals surface area contributed by atoms with Crippen LogP contribution in [0.15, 0.2) is 61.1 Å². The Bertz CT molecular complexity index is 1050. The first-order chi connectivity index (χ1) is 12.7. The maximum absolute atomic E-state index is 4.57. The minimum atomic E-state index is 0.810. The summed E-state index contributed by atoms with van der Waals surface area (Å²) in [5.41, 5.74) is 5.37. The van der Waals surface area contributed by atoms with Crippen LogP contribution in [0.1, 0.15) is 18.1 Å². The minimum absolute atomic E-state index is 0.810. The topological polar surface area (TPSA) is 46.8 Å². The summed E-state index contributed by atoms with van der Waals surface area (Å²) in [6.07, 6.45) is 3.46.